The third kappa shape index (κ3) is 2.26. The Morgan fingerprint density at radius 3 is 1.62 bits per heavy atom. The molecule has 0 saturated carbocycles. The van der Waals surface area contributed by atoms with Crippen molar-refractivity contribution in [3.05, 3.63) is 0 Å². The van der Waals surface area contributed by atoms with Gasteiger partial charge in [-0.3, -0.25) is 0 Å². The van der Waals surface area contributed by atoms with Crippen molar-refractivity contribution in [3.63, 3.8) is 0 Å². The predicted octanol–water partition coefficient (Wildman–Crippen LogP) is 0.424. The van der Waals surface area contributed by atoms with E-state index in [1.165, 1.54) is 6.92 Å². The summed E-state index contributed by atoms with van der Waals surface area (Å²) in [6.07, 6.45) is -0.769. The minimum Gasteiger partial charge on any atom is -0.377 e. The van der Waals surface area contributed by atoms with Gasteiger partial charge in [-0.1, -0.05) is 0 Å². The average molecular weight is 119 g/mol. The molecule has 0 aliphatic heterocycles. The van der Waals surface area contributed by atoms with Crippen LogP contribution in [0.2, 0.25) is 0 Å². The van der Waals surface area contributed by atoms with Crippen molar-refractivity contribution in [1.29, 1.82) is 0 Å². The molecule has 1 atom stereocenters. The van der Waals surface area contributed by atoms with Crippen LogP contribution in [0.3, 0.4) is 0 Å². The first-order valence-corrected chi connectivity index (χ1v) is 2.71. The number of aliphatic hydroxyl groups is 1. The lowest BCUT2D eigenvalue weighted by atomic mass is 10.4. The maximum absolute atomic E-state index is 8.79. The predicted molar refractivity (Wildman–Crippen MR) is 30.4 cm³/mol. The molecule has 0 heterocycles. The highest BCUT2D eigenvalue weighted by Gasteiger charge is 2.09. The molecular formula is C5H13NO2. The third-order valence-electron chi connectivity index (χ3n) is 0.912. The van der Waals surface area contributed by atoms with Gasteiger partial charge in [0.15, 0.2) is 0 Å². The van der Waals surface area contributed by atoms with Gasteiger partial charge in [-0.25, -0.2) is 0 Å². The molecule has 0 aromatic carbocycles. The minimum atomic E-state index is -0.769. The Balaban J connectivity index is 3.46. The molecule has 3 nitrogen and oxygen atoms in total. The monoisotopic (exact) mass is 119 g/mol. The van der Waals surface area contributed by atoms with Crippen LogP contribution < -0.4 is 0 Å². The Hall–Kier alpha value is -0.120. The second-order valence-electron chi connectivity index (χ2n) is 2.11. The van der Waals surface area contributed by atoms with Crippen LogP contribution in [0, 0.1) is 0 Å². The average Bonchev–Trinajstić information content (AvgIpc) is 1.64. The number of hydrogen-bond donors (Lipinski definition) is 2. The van der Waals surface area contributed by atoms with Crippen molar-refractivity contribution in [2.24, 2.45) is 0 Å². The lowest BCUT2D eigenvalue weighted by Gasteiger charge is -2.20. The first-order valence-electron chi connectivity index (χ1n) is 2.71. The summed E-state index contributed by atoms with van der Waals surface area (Å²) in [7, 11) is 0. The summed E-state index contributed by atoms with van der Waals surface area (Å²) >= 11 is 0. The highest BCUT2D eigenvalue weighted by Crippen LogP contribution is 1.95. The zero-order valence-corrected chi connectivity index (χ0v) is 5.50. The zero-order chi connectivity index (χ0) is 6.73. The number of hydroxylamine groups is 2. The molecule has 0 saturated heterocycles. The van der Waals surface area contributed by atoms with E-state index in [9.17, 15) is 0 Å². The van der Waals surface area contributed by atoms with Gasteiger partial charge in [-0.2, -0.15) is 5.06 Å². The SMILES string of the molecule is CC(C)N(O)C(C)O. The quantitative estimate of drug-likeness (QED) is 0.409. The summed E-state index contributed by atoms with van der Waals surface area (Å²) in [5.41, 5.74) is 0. The van der Waals surface area contributed by atoms with Crippen LogP contribution in [0.15, 0.2) is 0 Å². The smallest absolute Gasteiger partial charge is 0.127 e. The van der Waals surface area contributed by atoms with Gasteiger partial charge in [0.25, 0.3) is 0 Å². The van der Waals surface area contributed by atoms with Crippen molar-refractivity contribution in [1.82, 2.24) is 5.06 Å². The Kier molecular flexibility index (Phi) is 2.97. The molecule has 0 amide bonds. The van der Waals surface area contributed by atoms with Gasteiger partial charge >= 0.3 is 0 Å². The Bertz CT molecular complexity index is 55.4. The zero-order valence-electron chi connectivity index (χ0n) is 5.50. The summed E-state index contributed by atoms with van der Waals surface area (Å²) in [6.45, 7) is 5.11. The number of rotatable bonds is 2. The molecule has 0 radical (unpaired) electrons. The molecule has 0 rings (SSSR count). The van der Waals surface area contributed by atoms with Crippen molar-refractivity contribution >= 4 is 0 Å². The van der Waals surface area contributed by atoms with Gasteiger partial charge in [-0.05, 0) is 20.8 Å². The van der Waals surface area contributed by atoms with Crippen molar-refractivity contribution < 1.29 is 10.3 Å². The Morgan fingerprint density at radius 2 is 1.62 bits per heavy atom. The summed E-state index contributed by atoms with van der Waals surface area (Å²) in [6, 6.07) is -0.0185. The van der Waals surface area contributed by atoms with E-state index in [2.05, 4.69) is 0 Å². The molecule has 3 heteroatoms. The summed E-state index contributed by atoms with van der Waals surface area (Å²) < 4.78 is 0. The van der Waals surface area contributed by atoms with E-state index in [1.54, 1.807) is 13.8 Å². The van der Waals surface area contributed by atoms with Gasteiger partial charge in [0.2, 0.25) is 0 Å². The normalized spacial score (nSPS) is 15.4. The van der Waals surface area contributed by atoms with E-state index < -0.39 is 6.23 Å². The fourth-order valence-electron chi connectivity index (χ4n) is 0.431. The molecular weight excluding hydrogens is 106 g/mol. The van der Waals surface area contributed by atoms with Crippen molar-refractivity contribution in [2.45, 2.75) is 33.0 Å². The van der Waals surface area contributed by atoms with Crippen molar-refractivity contribution in [3.8, 4) is 0 Å². The van der Waals surface area contributed by atoms with Crippen LogP contribution in [-0.2, 0) is 0 Å². The molecule has 0 aromatic heterocycles. The topological polar surface area (TPSA) is 43.7 Å². The molecule has 0 aliphatic carbocycles. The van der Waals surface area contributed by atoms with E-state index >= 15 is 0 Å². The van der Waals surface area contributed by atoms with Gasteiger partial charge in [0.05, 0.1) is 0 Å². The molecule has 0 aromatic rings. The molecule has 2 N–H and O–H groups in total. The van der Waals surface area contributed by atoms with Crippen LogP contribution in [0.5, 0.6) is 0 Å². The Morgan fingerprint density at radius 1 is 1.25 bits per heavy atom. The van der Waals surface area contributed by atoms with E-state index in [0.717, 1.165) is 5.06 Å². The maximum atomic E-state index is 8.79. The molecule has 1 unspecified atom stereocenters. The summed E-state index contributed by atoms with van der Waals surface area (Å²) in [4.78, 5) is 0. The fourth-order valence-corrected chi connectivity index (χ4v) is 0.431. The first kappa shape index (κ1) is 7.88. The highest BCUT2D eigenvalue weighted by atomic mass is 16.5. The standard InChI is InChI=1S/C5H13NO2/c1-4(2)6(8)5(3)7/h4-5,7-8H,1-3H3. The molecule has 0 fully saturated rings. The maximum Gasteiger partial charge on any atom is 0.127 e. The lowest BCUT2D eigenvalue weighted by molar-refractivity contribution is -0.208. The second kappa shape index (κ2) is 3.02. The largest absolute Gasteiger partial charge is 0.377 e. The van der Waals surface area contributed by atoms with Crippen LogP contribution in [-0.4, -0.2) is 27.6 Å². The molecule has 8 heavy (non-hydrogen) atoms. The van der Waals surface area contributed by atoms with Crippen LogP contribution >= 0.6 is 0 Å². The van der Waals surface area contributed by atoms with Gasteiger partial charge < -0.3 is 10.3 Å². The van der Waals surface area contributed by atoms with Gasteiger partial charge in [0.1, 0.15) is 6.23 Å². The van der Waals surface area contributed by atoms with Crippen LogP contribution in [0.25, 0.3) is 0 Å². The Labute approximate surface area is 49.5 Å². The van der Waals surface area contributed by atoms with Gasteiger partial charge in [-0.15, -0.1) is 0 Å². The van der Waals surface area contributed by atoms with E-state index in [1.807, 2.05) is 0 Å². The molecule has 50 valence electrons. The molecule has 0 spiro atoms. The number of aliphatic hydroxyl groups excluding tert-OH is 1. The minimum absolute atomic E-state index is 0.0185. The lowest BCUT2D eigenvalue weighted by Crippen LogP contribution is -2.35. The van der Waals surface area contributed by atoms with E-state index in [-0.39, 0.29) is 6.04 Å². The molecule has 0 bridgehead atoms. The summed E-state index contributed by atoms with van der Waals surface area (Å²) in [5, 5.41) is 18.3. The molecule has 0 aliphatic rings. The number of hydrogen-bond acceptors (Lipinski definition) is 3. The van der Waals surface area contributed by atoms with E-state index in [0.29, 0.717) is 0 Å². The highest BCUT2D eigenvalue weighted by molar-refractivity contribution is 4.49. The summed E-state index contributed by atoms with van der Waals surface area (Å²) in [5.74, 6) is 0. The van der Waals surface area contributed by atoms with Crippen molar-refractivity contribution in [2.75, 3.05) is 0 Å². The van der Waals surface area contributed by atoms with Crippen LogP contribution in [0.1, 0.15) is 20.8 Å². The number of nitrogens with zero attached hydrogens (tertiary/aromatic N) is 1. The fraction of sp³-hybridized carbons (Fsp3) is 1.00. The third-order valence-corrected chi connectivity index (χ3v) is 0.912. The van der Waals surface area contributed by atoms with Gasteiger partial charge in [0, 0.05) is 6.04 Å². The second-order valence-corrected chi connectivity index (χ2v) is 2.11. The first-order chi connectivity index (χ1) is 3.55. The van der Waals surface area contributed by atoms with Crippen LogP contribution in [0.4, 0.5) is 0 Å². The van der Waals surface area contributed by atoms with E-state index in [4.69, 9.17) is 10.3 Å².